The molecule has 0 aromatic heterocycles. The SMILES string of the molecule is O=C(OCCOCCOCCOCc1ccccc1)C(=O)c1ccccc1. The minimum Gasteiger partial charge on any atom is -0.457 e. The molecule has 0 amide bonds. The number of benzene rings is 2. The fourth-order valence-corrected chi connectivity index (χ4v) is 2.17. The van der Waals surface area contributed by atoms with Crippen molar-refractivity contribution in [3.8, 4) is 0 Å². The molecule has 0 spiro atoms. The van der Waals surface area contributed by atoms with Crippen molar-refractivity contribution >= 4 is 11.8 Å². The van der Waals surface area contributed by atoms with E-state index < -0.39 is 11.8 Å². The van der Waals surface area contributed by atoms with Gasteiger partial charge in [0, 0.05) is 5.56 Å². The Hall–Kier alpha value is -2.54. The van der Waals surface area contributed by atoms with E-state index in [0.29, 0.717) is 38.6 Å². The number of hydrogen-bond donors (Lipinski definition) is 0. The summed E-state index contributed by atoms with van der Waals surface area (Å²) < 4.78 is 21.1. The second-order valence-electron chi connectivity index (χ2n) is 5.59. The van der Waals surface area contributed by atoms with Crippen molar-refractivity contribution in [1.82, 2.24) is 0 Å². The van der Waals surface area contributed by atoms with Crippen LogP contribution >= 0.6 is 0 Å². The first-order valence-electron chi connectivity index (χ1n) is 8.81. The highest BCUT2D eigenvalue weighted by Gasteiger charge is 2.16. The van der Waals surface area contributed by atoms with Gasteiger partial charge >= 0.3 is 5.97 Å². The molecule has 0 heterocycles. The molecular weight excluding hydrogens is 348 g/mol. The summed E-state index contributed by atoms with van der Waals surface area (Å²) in [6, 6.07) is 18.2. The van der Waals surface area contributed by atoms with E-state index in [0.717, 1.165) is 5.56 Å². The van der Waals surface area contributed by atoms with Gasteiger partial charge in [-0.05, 0) is 5.56 Å². The van der Waals surface area contributed by atoms with Crippen LogP contribution in [0.2, 0.25) is 0 Å². The zero-order valence-electron chi connectivity index (χ0n) is 15.2. The van der Waals surface area contributed by atoms with Crippen molar-refractivity contribution in [3.05, 3.63) is 71.8 Å². The van der Waals surface area contributed by atoms with Gasteiger partial charge in [-0.3, -0.25) is 4.79 Å². The number of carbonyl (C=O) groups is 2. The first-order valence-corrected chi connectivity index (χ1v) is 8.81. The van der Waals surface area contributed by atoms with Gasteiger partial charge in [-0.2, -0.15) is 0 Å². The van der Waals surface area contributed by atoms with Gasteiger partial charge in [0.05, 0.1) is 39.6 Å². The molecule has 0 aliphatic heterocycles. The summed E-state index contributed by atoms with van der Waals surface area (Å²) in [5, 5.41) is 0. The molecule has 27 heavy (non-hydrogen) atoms. The number of hydrogen-bond acceptors (Lipinski definition) is 6. The molecule has 6 heteroatoms. The minimum atomic E-state index is -0.878. The monoisotopic (exact) mass is 372 g/mol. The Bertz CT molecular complexity index is 672. The lowest BCUT2D eigenvalue weighted by Gasteiger charge is -2.07. The fourth-order valence-electron chi connectivity index (χ4n) is 2.17. The van der Waals surface area contributed by atoms with Crippen molar-refractivity contribution in [2.75, 3.05) is 39.6 Å². The van der Waals surface area contributed by atoms with E-state index in [1.807, 2.05) is 30.3 Å². The Labute approximate surface area is 159 Å². The second-order valence-corrected chi connectivity index (χ2v) is 5.59. The Morgan fingerprint density at radius 2 is 1.15 bits per heavy atom. The maximum atomic E-state index is 11.8. The van der Waals surface area contributed by atoms with Crippen LogP contribution in [0.1, 0.15) is 15.9 Å². The van der Waals surface area contributed by atoms with E-state index in [4.69, 9.17) is 18.9 Å². The molecule has 2 aromatic carbocycles. The quantitative estimate of drug-likeness (QED) is 0.233. The Morgan fingerprint density at radius 3 is 1.78 bits per heavy atom. The summed E-state index contributed by atoms with van der Waals surface area (Å²) >= 11 is 0. The predicted molar refractivity (Wildman–Crippen MR) is 99.5 cm³/mol. The summed E-state index contributed by atoms with van der Waals surface area (Å²) in [7, 11) is 0. The molecule has 0 N–H and O–H groups in total. The third-order valence-corrected chi connectivity index (χ3v) is 3.54. The van der Waals surface area contributed by atoms with E-state index in [1.54, 1.807) is 30.3 Å². The number of ketones is 1. The van der Waals surface area contributed by atoms with Crippen molar-refractivity contribution in [3.63, 3.8) is 0 Å². The molecule has 2 aromatic rings. The number of Topliss-reactive ketones (excluding diaryl/α,β-unsaturated/α-hetero) is 1. The average Bonchev–Trinajstić information content (AvgIpc) is 2.72. The van der Waals surface area contributed by atoms with Crippen molar-refractivity contribution < 1.29 is 28.5 Å². The first kappa shape index (κ1) is 20.8. The standard InChI is InChI=1S/C21H24O6/c22-20(19-9-5-2-6-10-19)21(23)27-16-15-25-12-11-24-13-14-26-17-18-7-3-1-4-8-18/h1-10H,11-17H2. The van der Waals surface area contributed by atoms with Gasteiger partial charge in [0.1, 0.15) is 6.61 Å². The summed E-state index contributed by atoms with van der Waals surface area (Å²) in [4.78, 5) is 23.4. The molecule has 0 atom stereocenters. The number of ether oxygens (including phenoxy) is 4. The molecule has 144 valence electrons. The highest BCUT2D eigenvalue weighted by atomic mass is 16.6. The van der Waals surface area contributed by atoms with Gasteiger partial charge in [0.2, 0.25) is 0 Å². The van der Waals surface area contributed by atoms with Gasteiger partial charge in [-0.1, -0.05) is 60.7 Å². The lowest BCUT2D eigenvalue weighted by atomic mass is 10.1. The molecule has 0 bridgehead atoms. The summed E-state index contributed by atoms with van der Waals surface area (Å²) in [6.07, 6.45) is 0. The Kier molecular flexibility index (Phi) is 9.81. The number of rotatable bonds is 13. The van der Waals surface area contributed by atoms with E-state index in [1.165, 1.54) is 0 Å². The van der Waals surface area contributed by atoms with Crippen LogP contribution in [0.25, 0.3) is 0 Å². The van der Waals surface area contributed by atoms with Crippen LogP contribution in [0.4, 0.5) is 0 Å². The smallest absolute Gasteiger partial charge is 0.379 e. The topological polar surface area (TPSA) is 71.1 Å². The highest BCUT2D eigenvalue weighted by Crippen LogP contribution is 2.01. The highest BCUT2D eigenvalue weighted by molar-refractivity contribution is 6.40. The molecule has 0 fully saturated rings. The molecular formula is C21H24O6. The number of carbonyl (C=O) groups excluding carboxylic acids is 2. The minimum absolute atomic E-state index is 0.0254. The molecule has 0 aliphatic carbocycles. The predicted octanol–water partition coefficient (Wildman–Crippen LogP) is 2.66. The third-order valence-electron chi connectivity index (χ3n) is 3.54. The van der Waals surface area contributed by atoms with Gasteiger partial charge in [-0.25, -0.2) is 4.79 Å². The van der Waals surface area contributed by atoms with Gasteiger partial charge in [0.15, 0.2) is 0 Å². The average molecular weight is 372 g/mol. The summed E-state index contributed by atoms with van der Waals surface area (Å²) in [5.74, 6) is -1.54. The van der Waals surface area contributed by atoms with Crippen LogP contribution in [0.3, 0.4) is 0 Å². The lowest BCUT2D eigenvalue weighted by Crippen LogP contribution is -2.20. The zero-order chi connectivity index (χ0) is 19.2. The maximum Gasteiger partial charge on any atom is 0.379 e. The molecule has 0 aliphatic rings. The van der Waals surface area contributed by atoms with E-state index in [2.05, 4.69) is 0 Å². The first-order chi connectivity index (χ1) is 13.3. The maximum absolute atomic E-state index is 11.8. The number of esters is 1. The van der Waals surface area contributed by atoms with Crippen LogP contribution in [0.5, 0.6) is 0 Å². The van der Waals surface area contributed by atoms with Crippen molar-refractivity contribution in [2.24, 2.45) is 0 Å². The van der Waals surface area contributed by atoms with Crippen LogP contribution in [0.15, 0.2) is 60.7 Å². The van der Waals surface area contributed by atoms with E-state index >= 15 is 0 Å². The normalized spacial score (nSPS) is 10.5. The Morgan fingerprint density at radius 1 is 0.630 bits per heavy atom. The van der Waals surface area contributed by atoms with Crippen molar-refractivity contribution in [2.45, 2.75) is 6.61 Å². The Balaban J connectivity index is 1.40. The van der Waals surface area contributed by atoms with Gasteiger partial charge < -0.3 is 18.9 Å². The van der Waals surface area contributed by atoms with Crippen LogP contribution < -0.4 is 0 Å². The summed E-state index contributed by atoms with van der Waals surface area (Å²) in [5.41, 5.74) is 1.44. The molecule has 6 nitrogen and oxygen atoms in total. The molecule has 2 rings (SSSR count). The molecule has 0 unspecified atom stereocenters. The van der Waals surface area contributed by atoms with Crippen LogP contribution in [-0.2, 0) is 30.3 Å². The van der Waals surface area contributed by atoms with Crippen LogP contribution in [0, 0.1) is 0 Å². The van der Waals surface area contributed by atoms with E-state index in [-0.39, 0.29) is 13.2 Å². The van der Waals surface area contributed by atoms with Crippen molar-refractivity contribution in [1.29, 1.82) is 0 Å². The van der Waals surface area contributed by atoms with Gasteiger partial charge in [0.25, 0.3) is 5.78 Å². The van der Waals surface area contributed by atoms with Gasteiger partial charge in [-0.15, -0.1) is 0 Å². The lowest BCUT2D eigenvalue weighted by molar-refractivity contribution is -0.139. The molecule has 0 saturated heterocycles. The second kappa shape index (κ2) is 12.8. The fraction of sp³-hybridized carbons (Fsp3) is 0.333. The molecule has 0 saturated carbocycles. The van der Waals surface area contributed by atoms with Crippen LogP contribution in [-0.4, -0.2) is 51.4 Å². The van der Waals surface area contributed by atoms with E-state index in [9.17, 15) is 9.59 Å². The summed E-state index contributed by atoms with van der Waals surface area (Å²) in [6.45, 7) is 2.59. The largest absolute Gasteiger partial charge is 0.457 e. The third kappa shape index (κ3) is 8.59. The molecule has 0 radical (unpaired) electrons. The zero-order valence-corrected chi connectivity index (χ0v) is 15.2.